The van der Waals surface area contributed by atoms with Gasteiger partial charge in [-0.2, -0.15) is 0 Å². The molecular formula is C11H22N2. The third-order valence-corrected chi connectivity index (χ3v) is 2.84. The topological polar surface area (TPSA) is 29.3 Å². The van der Waals surface area contributed by atoms with E-state index in [4.69, 9.17) is 5.73 Å². The number of hydrogen-bond acceptors (Lipinski definition) is 2. The molecule has 0 saturated heterocycles. The second-order valence-corrected chi connectivity index (χ2v) is 4.08. The lowest BCUT2D eigenvalue weighted by Gasteiger charge is -2.29. The van der Waals surface area contributed by atoms with Crippen molar-refractivity contribution in [2.24, 2.45) is 11.7 Å². The van der Waals surface area contributed by atoms with Gasteiger partial charge < -0.3 is 5.73 Å². The third-order valence-electron chi connectivity index (χ3n) is 2.84. The number of nitrogens with two attached hydrogens (primary N) is 1. The first-order chi connectivity index (χ1) is 6.26. The van der Waals surface area contributed by atoms with Crippen molar-refractivity contribution in [1.82, 2.24) is 4.90 Å². The smallest absolute Gasteiger partial charge is 0.0190 e. The van der Waals surface area contributed by atoms with Gasteiger partial charge in [-0.3, -0.25) is 4.90 Å². The van der Waals surface area contributed by atoms with Crippen molar-refractivity contribution in [3.8, 4) is 0 Å². The van der Waals surface area contributed by atoms with Crippen molar-refractivity contribution in [2.45, 2.75) is 26.7 Å². The Morgan fingerprint density at radius 2 is 2.38 bits per heavy atom. The van der Waals surface area contributed by atoms with Gasteiger partial charge in [0.15, 0.2) is 0 Å². The molecular weight excluding hydrogens is 160 g/mol. The van der Waals surface area contributed by atoms with Gasteiger partial charge in [-0.1, -0.05) is 25.0 Å². The van der Waals surface area contributed by atoms with Crippen LogP contribution in [0.3, 0.4) is 0 Å². The maximum atomic E-state index is 5.69. The number of hydrogen-bond donors (Lipinski definition) is 1. The molecule has 13 heavy (non-hydrogen) atoms. The first kappa shape index (κ1) is 10.7. The molecule has 2 nitrogen and oxygen atoms in total. The molecule has 2 heteroatoms. The molecule has 0 aromatic heterocycles. The number of nitrogens with zero attached hydrogens (tertiary/aromatic N) is 1. The van der Waals surface area contributed by atoms with Crippen LogP contribution in [0.4, 0.5) is 0 Å². The molecule has 1 aliphatic rings. The molecule has 0 radical (unpaired) electrons. The lowest BCUT2D eigenvalue weighted by atomic mass is 10.0. The van der Waals surface area contributed by atoms with E-state index in [-0.39, 0.29) is 0 Å². The Balaban J connectivity index is 2.32. The summed E-state index contributed by atoms with van der Waals surface area (Å²) in [5.74, 6) is 0.686. The predicted molar refractivity (Wildman–Crippen MR) is 57.6 cm³/mol. The highest BCUT2D eigenvalue weighted by atomic mass is 15.1. The van der Waals surface area contributed by atoms with Crippen molar-refractivity contribution in [2.75, 3.05) is 26.2 Å². The van der Waals surface area contributed by atoms with Gasteiger partial charge in [0.05, 0.1) is 0 Å². The van der Waals surface area contributed by atoms with Crippen molar-refractivity contribution >= 4 is 0 Å². The van der Waals surface area contributed by atoms with E-state index in [0.29, 0.717) is 5.92 Å². The van der Waals surface area contributed by atoms with Gasteiger partial charge in [-0.05, 0) is 25.8 Å². The highest BCUT2D eigenvalue weighted by molar-refractivity contribution is 5.04. The van der Waals surface area contributed by atoms with Gasteiger partial charge in [-0.25, -0.2) is 0 Å². The zero-order chi connectivity index (χ0) is 9.68. The van der Waals surface area contributed by atoms with Crippen LogP contribution in [0.1, 0.15) is 26.7 Å². The normalized spacial score (nSPS) is 21.3. The molecule has 0 bridgehead atoms. The van der Waals surface area contributed by atoms with E-state index in [9.17, 15) is 0 Å². The Kier molecular flexibility index (Phi) is 4.46. The molecule has 0 amide bonds. The Morgan fingerprint density at radius 1 is 1.62 bits per heavy atom. The van der Waals surface area contributed by atoms with Crippen molar-refractivity contribution < 1.29 is 0 Å². The summed E-state index contributed by atoms with van der Waals surface area (Å²) in [4.78, 5) is 2.52. The molecule has 1 atom stereocenters. The molecule has 0 aromatic rings. The van der Waals surface area contributed by atoms with Gasteiger partial charge in [0.2, 0.25) is 0 Å². The van der Waals surface area contributed by atoms with E-state index in [2.05, 4.69) is 24.8 Å². The highest BCUT2D eigenvalue weighted by Gasteiger charge is 2.13. The summed E-state index contributed by atoms with van der Waals surface area (Å²) in [5, 5.41) is 0. The minimum Gasteiger partial charge on any atom is -0.330 e. The first-order valence-electron chi connectivity index (χ1n) is 5.34. The van der Waals surface area contributed by atoms with Crippen LogP contribution in [0.15, 0.2) is 11.6 Å². The maximum absolute atomic E-state index is 5.69. The fourth-order valence-electron chi connectivity index (χ4n) is 1.88. The minimum atomic E-state index is 0.686. The second-order valence-electron chi connectivity index (χ2n) is 4.08. The summed E-state index contributed by atoms with van der Waals surface area (Å²) in [7, 11) is 0. The Bertz CT molecular complexity index is 171. The van der Waals surface area contributed by atoms with Crippen LogP contribution >= 0.6 is 0 Å². The van der Waals surface area contributed by atoms with Gasteiger partial charge in [0.25, 0.3) is 0 Å². The zero-order valence-corrected chi connectivity index (χ0v) is 8.92. The van der Waals surface area contributed by atoms with Crippen molar-refractivity contribution in [1.29, 1.82) is 0 Å². The van der Waals surface area contributed by atoms with Crippen LogP contribution < -0.4 is 5.73 Å². The maximum Gasteiger partial charge on any atom is 0.0190 e. The van der Waals surface area contributed by atoms with E-state index in [1.54, 1.807) is 0 Å². The lowest BCUT2D eigenvalue weighted by Crippen LogP contribution is -2.36. The highest BCUT2D eigenvalue weighted by Crippen LogP contribution is 2.11. The minimum absolute atomic E-state index is 0.686. The molecule has 0 aromatic carbocycles. The van der Waals surface area contributed by atoms with E-state index in [1.165, 1.54) is 31.5 Å². The summed E-state index contributed by atoms with van der Waals surface area (Å²) in [5.41, 5.74) is 7.21. The summed E-state index contributed by atoms with van der Waals surface area (Å²) < 4.78 is 0. The van der Waals surface area contributed by atoms with E-state index in [1.807, 2.05) is 0 Å². The molecule has 0 saturated carbocycles. The van der Waals surface area contributed by atoms with Gasteiger partial charge in [0, 0.05) is 19.6 Å². The van der Waals surface area contributed by atoms with Crippen LogP contribution in [0, 0.1) is 5.92 Å². The number of rotatable bonds is 4. The molecule has 76 valence electrons. The second kappa shape index (κ2) is 5.40. The summed E-state index contributed by atoms with van der Waals surface area (Å²) in [6.45, 7) is 8.82. The quantitative estimate of drug-likeness (QED) is 0.669. The molecule has 1 unspecified atom stereocenters. The molecule has 1 heterocycles. The van der Waals surface area contributed by atoms with Crippen LogP contribution in [-0.2, 0) is 0 Å². The summed E-state index contributed by atoms with van der Waals surface area (Å²) in [6, 6.07) is 0. The predicted octanol–water partition coefficient (Wildman–Crippen LogP) is 1.62. The molecule has 1 aliphatic heterocycles. The van der Waals surface area contributed by atoms with E-state index < -0.39 is 0 Å². The Hall–Kier alpha value is -0.340. The average molecular weight is 182 g/mol. The monoisotopic (exact) mass is 182 g/mol. The van der Waals surface area contributed by atoms with E-state index >= 15 is 0 Å². The zero-order valence-electron chi connectivity index (χ0n) is 8.92. The van der Waals surface area contributed by atoms with Crippen LogP contribution in [0.2, 0.25) is 0 Å². The standard InChI is InChI=1S/C11H22N2/c1-3-11(7-12)9-13-6-4-5-10(2)8-13/h5,11H,3-4,6-9,12H2,1-2H3. The van der Waals surface area contributed by atoms with Gasteiger partial charge in [0.1, 0.15) is 0 Å². The molecule has 0 fully saturated rings. The van der Waals surface area contributed by atoms with Crippen molar-refractivity contribution in [3.63, 3.8) is 0 Å². The van der Waals surface area contributed by atoms with Crippen LogP contribution in [0.5, 0.6) is 0 Å². The average Bonchev–Trinajstić information content (AvgIpc) is 2.14. The summed E-state index contributed by atoms with van der Waals surface area (Å²) >= 11 is 0. The van der Waals surface area contributed by atoms with Gasteiger partial charge in [-0.15, -0.1) is 0 Å². The fraction of sp³-hybridized carbons (Fsp3) is 0.818. The van der Waals surface area contributed by atoms with E-state index in [0.717, 1.165) is 13.1 Å². The lowest BCUT2D eigenvalue weighted by molar-refractivity contribution is 0.242. The molecule has 1 rings (SSSR count). The molecule has 0 aliphatic carbocycles. The first-order valence-corrected chi connectivity index (χ1v) is 5.34. The Morgan fingerprint density at radius 3 is 2.92 bits per heavy atom. The van der Waals surface area contributed by atoms with Crippen molar-refractivity contribution in [3.05, 3.63) is 11.6 Å². The largest absolute Gasteiger partial charge is 0.330 e. The third kappa shape index (κ3) is 3.49. The SMILES string of the molecule is CCC(CN)CN1CCC=C(C)C1. The summed E-state index contributed by atoms with van der Waals surface area (Å²) in [6.07, 6.45) is 4.77. The van der Waals surface area contributed by atoms with Crippen LogP contribution in [0.25, 0.3) is 0 Å². The molecule has 0 spiro atoms. The van der Waals surface area contributed by atoms with Gasteiger partial charge >= 0.3 is 0 Å². The fourth-order valence-corrected chi connectivity index (χ4v) is 1.88. The Labute approximate surface area is 81.8 Å². The van der Waals surface area contributed by atoms with Crippen LogP contribution in [-0.4, -0.2) is 31.1 Å². The molecule has 2 N–H and O–H groups in total.